The van der Waals surface area contributed by atoms with Gasteiger partial charge in [0.05, 0.1) is 0 Å². The van der Waals surface area contributed by atoms with Crippen molar-refractivity contribution in [3.63, 3.8) is 0 Å². The molecular formula is C15H22ClN3. The van der Waals surface area contributed by atoms with Crippen molar-refractivity contribution < 1.29 is 0 Å². The smallest absolute Gasteiger partial charge is 0.129 e. The number of nitrogens with zero attached hydrogens (tertiary/aromatic N) is 3. The molecular weight excluding hydrogens is 258 g/mol. The minimum atomic E-state index is 0.599. The van der Waals surface area contributed by atoms with Crippen molar-refractivity contribution >= 4 is 11.6 Å². The van der Waals surface area contributed by atoms with E-state index < -0.39 is 0 Å². The molecule has 1 aromatic rings. The second kappa shape index (κ2) is 5.78. The maximum atomic E-state index is 5.97. The van der Waals surface area contributed by atoms with Crippen LogP contribution in [0.15, 0.2) is 18.3 Å². The highest BCUT2D eigenvalue weighted by Crippen LogP contribution is 2.25. The average Bonchev–Trinajstić information content (AvgIpc) is 2.40. The normalized spacial score (nSPS) is 29.2. The topological polar surface area (TPSA) is 19.4 Å². The number of hydrogen-bond donors (Lipinski definition) is 0. The monoisotopic (exact) mass is 279 g/mol. The summed E-state index contributed by atoms with van der Waals surface area (Å²) in [5, 5.41) is 0.599. The van der Waals surface area contributed by atoms with Gasteiger partial charge in [-0.25, -0.2) is 4.98 Å². The van der Waals surface area contributed by atoms with Gasteiger partial charge >= 0.3 is 0 Å². The van der Waals surface area contributed by atoms with Crippen molar-refractivity contribution in [3.05, 3.63) is 29.0 Å². The molecule has 3 rings (SSSR count). The van der Waals surface area contributed by atoms with Gasteiger partial charge in [-0.2, -0.15) is 0 Å². The molecule has 1 aromatic heterocycles. The fourth-order valence-electron chi connectivity index (χ4n) is 3.41. The zero-order valence-electron chi connectivity index (χ0n) is 11.6. The summed E-state index contributed by atoms with van der Waals surface area (Å²) < 4.78 is 0. The second-order valence-corrected chi connectivity index (χ2v) is 6.30. The lowest BCUT2D eigenvalue weighted by atomic mass is 9.97. The SMILES string of the molecule is C[C@@H]1CN2CCCC[C@H]2CN1Cc1ccnc(Cl)c1. The summed E-state index contributed by atoms with van der Waals surface area (Å²) in [6, 6.07) is 5.46. The van der Waals surface area contributed by atoms with Gasteiger partial charge in [0.25, 0.3) is 0 Å². The molecule has 0 saturated carbocycles. The lowest BCUT2D eigenvalue weighted by Gasteiger charge is -2.47. The van der Waals surface area contributed by atoms with E-state index in [2.05, 4.69) is 27.8 Å². The summed E-state index contributed by atoms with van der Waals surface area (Å²) in [6.45, 7) is 7.04. The van der Waals surface area contributed by atoms with E-state index in [9.17, 15) is 0 Å². The van der Waals surface area contributed by atoms with Gasteiger partial charge in [0.2, 0.25) is 0 Å². The molecule has 3 nitrogen and oxygen atoms in total. The molecule has 0 unspecified atom stereocenters. The molecule has 0 radical (unpaired) electrons. The highest BCUT2D eigenvalue weighted by atomic mass is 35.5. The number of halogens is 1. The van der Waals surface area contributed by atoms with Gasteiger partial charge in [0, 0.05) is 37.9 Å². The van der Waals surface area contributed by atoms with Crippen molar-refractivity contribution in [1.29, 1.82) is 0 Å². The Hall–Kier alpha value is -0.640. The van der Waals surface area contributed by atoms with Gasteiger partial charge in [-0.05, 0) is 44.0 Å². The third-order valence-corrected chi connectivity index (χ3v) is 4.70. The molecule has 0 N–H and O–H groups in total. The van der Waals surface area contributed by atoms with Gasteiger partial charge in [0.1, 0.15) is 5.15 Å². The summed E-state index contributed by atoms with van der Waals surface area (Å²) in [5.74, 6) is 0. The van der Waals surface area contributed by atoms with E-state index in [4.69, 9.17) is 11.6 Å². The number of rotatable bonds is 2. The minimum Gasteiger partial charge on any atom is -0.298 e. The van der Waals surface area contributed by atoms with Crippen LogP contribution in [0.25, 0.3) is 0 Å². The predicted octanol–water partition coefficient (Wildman–Crippen LogP) is 2.79. The molecule has 0 amide bonds. The first kappa shape index (κ1) is 13.3. The molecule has 0 spiro atoms. The lowest BCUT2D eigenvalue weighted by molar-refractivity contribution is 0.0111. The van der Waals surface area contributed by atoms with Crippen LogP contribution in [0.4, 0.5) is 0 Å². The fourth-order valence-corrected chi connectivity index (χ4v) is 3.60. The number of piperazine rings is 1. The molecule has 19 heavy (non-hydrogen) atoms. The van der Waals surface area contributed by atoms with Crippen LogP contribution in [0.3, 0.4) is 0 Å². The van der Waals surface area contributed by atoms with E-state index in [-0.39, 0.29) is 0 Å². The number of hydrogen-bond acceptors (Lipinski definition) is 3. The first-order valence-electron chi connectivity index (χ1n) is 7.31. The van der Waals surface area contributed by atoms with E-state index >= 15 is 0 Å². The third kappa shape index (κ3) is 3.10. The van der Waals surface area contributed by atoms with E-state index in [1.807, 2.05) is 6.07 Å². The molecule has 104 valence electrons. The summed E-state index contributed by atoms with van der Waals surface area (Å²) in [7, 11) is 0. The zero-order valence-corrected chi connectivity index (χ0v) is 12.3. The van der Waals surface area contributed by atoms with Crippen LogP contribution in [0.5, 0.6) is 0 Å². The highest BCUT2D eigenvalue weighted by Gasteiger charge is 2.32. The van der Waals surface area contributed by atoms with Crippen LogP contribution < -0.4 is 0 Å². The van der Waals surface area contributed by atoms with Crippen molar-refractivity contribution in [3.8, 4) is 0 Å². The Morgan fingerprint density at radius 2 is 2.26 bits per heavy atom. The van der Waals surface area contributed by atoms with Gasteiger partial charge in [-0.15, -0.1) is 0 Å². The fraction of sp³-hybridized carbons (Fsp3) is 0.667. The standard InChI is InChI=1S/C15H22ClN3/c1-12-9-18-7-3-2-4-14(18)11-19(12)10-13-5-6-17-15(16)8-13/h5-6,8,12,14H,2-4,7,9-11H2,1H3/t12-,14+/m1/s1. The largest absolute Gasteiger partial charge is 0.298 e. The molecule has 4 heteroatoms. The van der Waals surface area contributed by atoms with Crippen molar-refractivity contribution in [2.45, 2.75) is 44.8 Å². The van der Waals surface area contributed by atoms with Crippen LogP contribution in [0.2, 0.25) is 5.15 Å². The molecule has 2 aliphatic rings. The zero-order chi connectivity index (χ0) is 13.2. The first-order chi connectivity index (χ1) is 9.22. The van der Waals surface area contributed by atoms with Gasteiger partial charge in [-0.3, -0.25) is 9.80 Å². The van der Waals surface area contributed by atoms with Crippen LogP contribution in [0, 0.1) is 0 Å². The Balaban J connectivity index is 1.67. The minimum absolute atomic E-state index is 0.599. The summed E-state index contributed by atoms with van der Waals surface area (Å²) in [4.78, 5) is 9.34. The third-order valence-electron chi connectivity index (χ3n) is 4.49. The second-order valence-electron chi connectivity index (χ2n) is 5.91. The quantitative estimate of drug-likeness (QED) is 0.776. The summed E-state index contributed by atoms with van der Waals surface area (Å²) in [5.41, 5.74) is 1.27. The Morgan fingerprint density at radius 3 is 3.11 bits per heavy atom. The lowest BCUT2D eigenvalue weighted by Crippen LogP contribution is -2.58. The Morgan fingerprint density at radius 1 is 1.37 bits per heavy atom. The summed E-state index contributed by atoms with van der Waals surface area (Å²) in [6.07, 6.45) is 5.94. The van der Waals surface area contributed by atoms with Gasteiger partial charge in [0.15, 0.2) is 0 Å². The predicted molar refractivity (Wildman–Crippen MR) is 78.3 cm³/mol. The molecule has 0 aromatic carbocycles. The molecule has 2 atom stereocenters. The van der Waals surface area contributed by atoms with Crippen LogP contribution >= 0.6 is 11.6 Å². The Labute approximate surface area is 120 Å². The number of pyridine rings is 1. The van der Waals surface area contributed by atoms with E-state index in [1.165, 1.54) is 44.5 Å². The molecule has 3 heterocycles. The van der Waals surface area contributed by atoms with Crippen molar-refractivity contribution in [1.82, 2.24) is 14.8 Å². The molecule has 2 aliphatic heterocycles. The maximum Gasteiger partial charge on any atom is 0.129 e. The maximum absolute atomic E-state index is 5.97. The number of piperidine rings is 1. The highest BCUT2D eigenvalue weighted by molar-refractivity contribution is 6.29. The average molecular weight is 280 g/mol. The van der Waals surface area contributed by atoms with Crippen LogP contribution in [-0.2, 0) is 6.54 Å². The van der Waals surface area contributed by atoms with E-state index in [0.29, 0.717) is 11.2 Å². The van der Waals surface area contributed by atoms with Crippen molar-refractivity contribution in [2.75, 3.05) is 19.6 Å². The van der Waals surface area contributed by atoms with Crippen LogP contribution in [0.1, 0.15) is 31.7 Å². The Bertz CT molecular complexity index is 437. The molecule has 0 aliphatic carbocycles. The number of aromatic nitrogens is 1. The first-order valence-corrected chi connectivity index (χ1v) is 7.69. The summed E-state index contributed by atoms with van der Waals surface area (Å²) >= 11 is 5.97. The van der Waals surface area contributed by atoms with E-state index in [1.54, 1.807) is 6.20 Å². The van der Waals surface area contributed by atoms with Gasteiger partial charge in [-0.1, -0.05) is 18.0 Å². The Kier molecular flexibility index (Phi) is 4.06. The molecule has 2 fully saturated rings. The van der Waals surface area contributed by atoms with E-state index in [0.717, 1.165) is 12.6 Å². The molecule has 2 saturated heterocycles. The van der Waals surface area contributed by atoms with Crippen molar-refractivity contribution in [2.24, 2.45) is 0 Å². The number of fused-ring (bicyclic) bond motifs is 1. The van der Waals surface area contributed by atoms with Gasteiger partial charge < -0.3 is 0 Å². The van der Waals surface area contributed by atoms with Crippen LogP contribution in [-0.4, -0.2) is 46.5 Å². The molecule has 0 bridgehead atoms.